The average molecular weight is 287 g/mol. The first-order valence-electron chi connectivity index (χ1n) is 7.30. The summed E-state index contributed by atoms with van der Waals surface area (Å²) in [6, 6.07) is 11.4. The Morgan fingerprint density at radius 3 is 2.70 bits per heavy atom. The molecule has 1 aliphatic rings. The number of hydrogen-bond donors (Lipinski definition) is 1. The van der Waals surface area contributed by atoms with Crippen LogP contribution in [0.4, 0.5) is 0 Å². The number of rotatable bonds is 6. The normalized spacial score (nSPS) is 17.4. The lowest BCUT2D eigenvalue weighted by Crippen LogP contribution is -2.33. The van der Waals surface area contributed by atoms with E-state index < -0.39 is 0 Å². The maximum atomic E-state index is 4.12. The summed E-state index contributed by atoms with van der Waals surface area (Å²) in [6.45, 7) is 4.37. The second kappa shape index (κ2) is 6.97. The Bertz CT molecular complexity index is 492. The first-order valence-corrected chi connectivity index (χ1v) is 8.18. The van der Waals surface area contributed by atoms with Gasteiger partial charge in [0, 0.05) is 30.2 Å². The van der Waals surface area contributed by atoms with Crippen LogP contribution >= 0.6 is 11.3 Å². The van der Waals surface area contributed by atoms with Gasteiger partial charge in [0.05, 0.1) is 5.51 Å². The smallest absolute Gasteiger partial charge is 0.0794 e. The quantitative estimate of drug-likeness (QED) is 0.885. The van der Waals surface area contributed by atoms with Gasteiger partial charge in [-0.25, -0.2) is 0 Å². The number of hydrogen-bond acceptors (Lipinski definition) is 4. The predicted molar refractivity (Wildman–Crippen MR) is 83.8 cm³/mol. The van der Waals surface area contributed by atoms with E-state index in [0.29, 0.717) is 6.04 Å². The fraction of sp³-hybridized carbons (Fsp3) is 0.438. The lowest BCUT2D eigenvalue weighted by atomic mass is 10.1. The Hall–Kier alpha value is -1.23. The van der Waals surface area contributed by atoms with Gasteiger partial charge in [-0.2, -0.15) is 0 Å². The summed E-state index contributed by atoms with van der Waals surface area (Å²) in [5, 5.41) is 3.59. The molecule has 1 aliphatic heterocycles. The molecule has 20 heavy (non-hydrogen) atoms. The monoisotopic (exact) mass is 287 g/mol. The summed E-state index contributed by atoms with van der Waals surface area (Å²) in [4.78, 5) is 8.03. The third-order valence-corrected chi connectivity index (χ3v) is 4.67. The molecule has 3 rings (SSSR count). The highest BCUT2D eigenvalue weighted by Gasteiger charge is 2.22. The van der Waals surface area contributed by atoms with Crippen molar-refractivity contribution in [2.24, 2.45) is 0 Å². The Morgan fingerprint density at radius 1 is 1.20 bits per heavy atom. The first kappa shape index (κ1) is 13.7. The Kier molecular flexibility index (Phi) is 4.79. The number of nitrogens with one attached hydrogen (secondary N) is 1. The van der Waals surface area contributed by atoms with E-state index in [0.717, 1.165) is 13.1 Å². The van der Waals surface area contributed by atoms with Crippen molar-refractivity contribution in [2.75, 3.05) is 19.6 Å². The second-order valence-electron chi connectivity index (χ2n) is 5.27. The molecule has 1 fully saturated rings. The highest BCUT2D eigenvalue weighted by molar-refractivity contribution is 7.09. The average Bonchev–Trinajstić information content (AvgIpc) is 3.18. The van der Waals surface area contributed by atoms with E-state index in [4.69, 9.17) is 0 Å². The molecular weight excluding hydrogens is 266 g/mol. The topological polar surface area (TPSA) is 28.2 Å². The van der Waals surface area contributed by atoms with Crippen LogP contribution in [0.3, 0.4) is 0 Å². The maximum Gasteiger partial charge on any atom is 0.0794 e. The van der Waals surface area contributed by atoms with E-state index in [-0.39, 0.29) is 0 Å². The SMILES string of the molecule is c1ccc(C(CNCc2cncs2)N2CCCC2)cc1. The number of benzene rings is 1. The second-order valence-corrected chi connectivity index (χ2v) is 6.24. The minimum atomic E-state index is 0.492. The Balaban J connectivity index is 1.63. The molecular formula is C16H21N3S. The Labute approximate surface area is 124 Å². The van der Waals surface area contributed by atoms with E-state index in [1.54, 1.807) is 11.3 Å². The third kappa shape index (κ3) is 3.45. The van der Waals surface area contributed by atoms with Crippen LogP contribution in [-0.2, 0) is 6.54 Å². The van der Waals surface area contributed by atoms with Gasteiger partial charge >= 0.3 is 0 Å². The third-order valence-electron chi connectivity index (χ3n) is 3.89. The van der Waals surface area contributed by atoms with Gasteiger partial charge in [0.15, 0.2) is 0 Å². The fourth-order valence-electron chi connectivity index (χ4n) is 2.85. The van der Waals surface area contributed by atoms with Crippen molar-refractivity contribution in [1.82, 2.24) is 15.2 Å². The van der Waals surface area contributed by atoms with Crippen molar-refractivity contribution in [2.45, 2.75) is 25.4 Å². The van der Waals surface area contributed by atoms with Gasteiger partial charge in [-0.15, -0.1) is 11.3 Å². The van der Waals surface area contributed by atoms with Gasteiger partial charge in [-0.05, 0) is 31.5 Å². The van der Waals surface area contributed by atoms with Crippen molar-refractivity contribution in [3.8, 4) is 0 Å². The zero-order valence-electron chi connectivity index (χ0n) is 11.7. The largest absolute Gasteiger partial charge is 0.310 e. The van der Waals surface area contributed by atoms with Crippen molar-refractivity contribution in [1.29, 1.82) is 0 Å². The lowest BCUT2D eigenvalue weighted by molar-refractivity contribution is 0.238. The minimum Gasteiger partial charge on any atom is -0.310 e. The molecule has 3 nitrogen and oxygen atoms in total. The number of aromatic nitrogens is 1. The van der Waals surface area contributed by atoms with Crippen molar-refractivity contribution >= 4 is 11.3 Å². The van der Waals surface area contributed by atoms with Gasteiger partial charge in [0.25, 0.3) is 0 Å². The molecule has 1 N–H and O–H groups in total. The minimum absolute atomic E-state index is 0.492. The van der Waals surface area contributed by atoms with Crippen molar-refractivity contribution < 1.29 is 0 Å². The van der Waals surface area contributed by atoms with Crippen LogP contribution in [0.1, 0.15) is 29.3 Å². The summed E-state index contributed by atoms with van der Waals surface area (Å²) in [7, 11) is 0. The molecule has 0 aliphatic carbocycles. The van der Waals surface area contributed by atoms with Crippen molar-refractivity contribution in [3.05, 3.63) is 52.5 Å². The van der Waals surface area contributed by atoms with Crippen LogP contribution in [0, 0.1) is 0 Å². The molecule has 1 aromatic heterocycles. The maximum absolute atomic E-state index is 4.12. The molecule has 4 heteroatoms. The molecule has 0 bridgehead atoms. The molecule has 1 atom stereocenters. The van der Waals surface area contributed by atoms with E-state index in [2.05, 4.69) is 45.5 Å². The molecule has 1 unspecified atom stereocenters. The molecule has 0 spiro atoms. The fourth-order valence-corrected chi connectivity index (χ4v) is 3.41. The summed E-state index contributed by atoms with van der Waals surface area (Å²) >= 11 is 1.72. The molecule has 106 valence electrons. The van der Waals surface area contributed by atoms with Gasteiger partial charge in [-0.3, -0.25) is 9.88 Å². The summed E-state index contributed by atoms with van der Waals surface area (Å²) in [6.07, 6.45) is 4.61. The molecule has 0 saturated carbocycles. The van der Waals surface area contributed by atoms with Gasteiger partial charge < -0.3 is 5.32 Å². The molecule has 0 amide bonds. The highest BCUT2D eigenvalue weighted by Crippen LogP contribution is 2.24. The summed E-state index contributed by atoms with van der Waals surface area (Å²) < 4.78 is 0. The number of nitrogens with zero attached hydrogens (tertiary/aromatic N) is 2. The van der Waals surface area contributed by atoms with Crippen molar-refractivity contribution in [3.63, 3.8) is 0 Å². The summed E-state index contributed by atoms with van der Waals surface area (Å²) in [5.74, 6) is 0. The van der Waals surface area contributed by atoms with Crippen LogP contribution in [0.15, 0.2) is 42.0 Å². The van der Waals surface area contributed by atoms with Crippen LogP contribution in [0.5, 0.6) is 0 Å². The molecule has 1 aromatic carbocycles. The van der Waals surface area contributed by atoms with E-state index in [1.807, 2.05) is 11.7 Å². The van der Waals surface area contributed by atoms with Crippen LogP contribution in [-0.4, -0.2) is 29.5 Å². The molecule has 2 heterocycles. The van der Waals surface area contributed by atoms with E-state index >= 15 is 0 Å². The number of likely N-dealkylation sites (tertiary alicyclic amines) is 1. The van der Waals surface area contributed by atoms with Gasteiger partial charge in [-0.1, -0.05) is 30.3 Å². The van der Waals surface area contributed by atoms with E-state index in [1.165, 1.54) is 36.4 Å². The highest BCUT2D eigenvalue weighted by atomic mass is 32.1. The van der Waals surface area contributed by atoms with Crippen LogP contribution in [0.25, 0.3) is 0 Å². The Morgan fingerprint density at radius 2 is 2.00 bits per heavy atom. The number of thiazole rings is 1. The molecule has 1 saturated heterocycles. The van der Waals surface area contributed by atoms with E-state index in [9.17, 15) is 0 Å². The lowest BCUT2D eigenvalue weighted by Gasteiger charge is -2.28. The predicted octanol–water partition coefficient (Wildman–Crippen LogP) is 3.07. The zero-order valence-corrected chi connectivity index (χ0v) is 12.5. The van der Waals surface area contributed by atoms with Gasteiger partial charge in [0.1, 0.15) is 0 Å². The first-order chi connectivity index (χ1) is 9.93. The molecule has 2 aromatic rings. The molecule has 0 radical (unpaired) electrons. The van der Waals surface area contributed by atoms with Crippen LogP contribution in [0.2, 0.25) is 0 Å². The standard InChI is InChI=1S/C16H21N3S/c1-2-6-14(7-3-1)16(19-8-4-5-9-19)12-17-10-15-11-18-13-20-15/h1-3,6-7,11,13,16-17H,4-5,8-10,12H2. The zero-order chi connectivity index (χ0) is 13.6. The van der Waals surface area contributed by atoms with Crippen LogP contribution < -0.4 is 5.32 Å². The summed E-state index contributed by atoms with van der Waals surface area (Å²) in [5.41, 5.74) is 3.32. The van der Waals surface area contributed by atoms with Gasteiger partial charge in [0.2, 0.25) is 0 Å².